The molecule has 3 atom stereocenters. The number of morpholine rings is 1. The molecule has 0 aliphatic carbocycles. The van der Waals surface area contributed by atoms with Crippen LogP contribution < -0.4 is 5.32 Å². The van der Waals surface area contributed by atoms with Crippen LogP contribution in [0.4, 0.5) is 4.79 Å². The zero-order valence-electron chi connectivity index (χ0n) is 17.5. The monoisotopic (exact) mass is 447 g/mol. The first-order valence-electron chi connectivity index (χ1n) is 10.8. The molecule has 1 aromatic rings. The van der Waals surface area contributed by atoms with Crippen LogP contribution in [0, 0.1) is 0 Å². The van der Waals surface area contributed by atoms with Gasteiger partial charge in [0.25, 0.3) is 0 Å². The average molecular weight is 448 g/mol. The Hall–Kier alpha value is -2.10. The molecule has 9 heteroatoms. The lowest BCUT2D eigenvalue weighted by atomic mass is 9.97. The van der Waals surface area contributed by atoms with Gasteiger partial charge in [-0.15, -0.1) is 0 Å². The van der Waals surface area contributed by atoms with Crippen LogP contribution in [-0.2, 0) is 24.8 Å². The second-order valence-corrected chi connectivity index (χ2v) is 9.07. The van der Waals surface area contributed by atoms with Gasteiger partial charge in [-0.2, -0.15) is 11.8 Å². The quantitative estimate of drug-likeness (QED) is 0.707. The summed E-state index contributed by atoms with van der Waals surface area (Å²) < 4.78 is 10.9. The lowest BCUT2D eigenvalue weighted by Crippen LogP contribution is -2.60. The smallest absolute Gasteiger partial charge is 0.318 e. The molecular formula is C22H29N3O5S. The number of amides is 3. The van der Waals surface area contributed by atoms with Gasteiger partial charge in [-0.25, -0.2) is 4.79 Å². The topological polar surface area (TPSA) is 88.2 Å². The number of nitrogens with one attached hydrogen (secondary N) is 1. The van der Waals surface area contributed by atoms with Crippen LogP contribution in [0.3, 0.4) is 0 Å². The van der Waals surface area contributed by atoms with Gasteiger partial charge < -0.3 is 24.6 Å². The van der Waals surface area contributed by atoms with Crippen molar-refractivity contribution in [1.82, 2.24) is 15.1 Å². The first-order chi connectivity index (χ1) is 15.1. The summed E-state index contributed by atoms with van der Waals surface area (Å²) in [5.74, 6) is 0.933. The van der Waals surface area contributed by atoms with E-state index in [2.05, 4.69) is 5.32 Å². The molecule has 0 spiro atoms. The number of piperidine rings is 1. The maximum absolute atomic E-state index is 13.5. The Morgan fingerprint density at radius 1 is 1.16 bits per heavy atom. The number of nitrogens with zero attached hydrogens (tertiary/aromatic N) is 2. The Morgan fingerprint density at radius 2 is 1.94 bits per heavy atom. The number of Topliss-reactive ketones (excluding diaryl/α,β-unsaturated/α-hetero) is 1. The lowest BCUT2D eigenvalue weighted by molar-refractivity contribution is -0.142. The molecule has 0 radical (unpaired) electrons. The minimum Gasteiger partial charge on any atom is -0.378 e. The van der Waals surface area contributed by atoms with Gasteiger partial charge in [0.15, 0.2) is 5.78 Å². The number of rotatable bonds is 6. The zero-order valence-corrected chi connectivity index (χ0v) is 18.4. The SMILES string of the molecule is O=C1COC2CCCN(C(=O)C(CSCc3ccccc3)NC(=O)N3CCOCC3)C12. The minimum absolute atomic E-state index is 0.0479. The van der Waals surface area contributed by atoms with E-state index in [9.17, 15) is 14.4 Å². The molecule has 4 rings (SSSR count). The number of ether oxygens (including phenoxy) is 2. The Balaban J connectivity index is 1.44. The summed E-state index contributed by atoms with van der Waals surface area (Å²) in [4.78, 5) is 42.0. The van der Waals surface area contributed by atoms with Gasteiger partial charge in [0.1, 0.15) is 18.7 Å². The van der Waals surface area contributed by atoms with Crippen molar-refractivity contribution in [2.45, 2.75) is 36.8 Å². The number of hydrogen-bond donors (Lipinski definition) is 1. The number of urea groups is 1. The molecule has 3 amide bonds. The molecule has 3 heterocycles. The second-order valence-electron chi connectivity index (χ2n) is 8.04. The van der Waals surface area contributed by atoms with Gasteiger partial charge >= 0.3 is 6.03 Å². The minimum atomic E-state index is -0.698. The highest BCUT2D eigenvalue weighted by Gasteiger charge is 2.45. The van der Waals surface area contributed by atoms with Crippen molar-refractivity contribution in [3.63, 3.8) is 0 Å². The summed E-state index contributed by atoms with van der Waals surface area (Å²) in [5.41, 5.74) is 1.16. The van der Waals surface area contributed by atoms with E-state index in [1.165, 1.54) is 0 Å². The molecule has 0 bridgehead atoms. The maximum Gasteiger partial charge on any atom is 0.318 e. The Bertz CT molecular complexity index is 787. The van der Waals surface area contributed by atoms with E-state index in [0.717, 1.165) is 24.2 Å². The molecule has 1 N–H and O–H groups in total. The fraction of sp³-hybridized carbons (Fsp3) is 0.591. The number of thioether (sulfide) groups is 1. The van der Waals surface area contributed by atoms with Gasteiger partial charge in [-0.05, 0) is 18.4 Å². The van der Waals surface area contributed by atoms with Crippen molar-refractivity contribution < 1.29 is 23.9 Å². The van der Waals surface area contributed by atoms with E-state index < -0.39 is 12.1 Å². The Kier molecular flexibility index (Phi) is 7.47. The van der Waals surface area contributed by atoms with E-state index in [4.69, 9.17) is 9.47 Å². The molecule has 0 saturated carbocycles. The van der Waals surface area contributed by atoms with Crippen molar-refractivity contribution in [3.8, 4) is 0 Å². The number of carbonyl (C=O) groups is 3. The van der Waals surface area contributed by atoms with Gasteiger partial charge in [-0.1, -0.05) is 30.3 Å². The zero-order chi connectivity index (χ0) is 21.6. The molecule has 1 aromatic carbocycles. The third-order valence-electron chi connectivity index (χ3n) is 5.92. The van der Waals surface area contributed by atoms with Gasteiger partial charge in [0.2, 0.25) is 5.91 Å². The van der Waals surface area contributed by atoms with E-state index in [1.54, 1.807) is 21.6 Å². The van der Waals surface area contributed by atoms with Gasteiger partial charge in [-0.3, -0.25) is 9.59 Å². The molecular weight excluding hydrogens is 418 g/mol. The summed E-state index contributed by atoms with van der Waals surface area (Å²) in [6.07, 6.45) is 1.35. The summed E-state index contributed by atoms with van der Waals surface area (Å²) in [6.45, 7) is 2.58. The summed E-state index contributed by atoms with van der Waals surface area (Å²) in [7, 11) is 0. The predicted octanol–water partition coefficient (Wildman–Crippen LogP) is 1.29. The maximum atomic E-state index is 13.5. The number of benzene rings is 1. The Morgan fingerprint density at radius 3 is 2.71 bits per heavy atom. The molecule has 3 fully saturated rings. The third-order valence-corrected chi connectivity index (χ3v) is 7.02. The van der Waals surface area contributed by atoms with Crippen molar-refractivity contribution >= 4 is 29.5 Å². The standard InChI is InChI=1S/C22H29N3O5S/c26-18-13-30-19-7-4-8-25(20(18)19)21(27)17(15-31-14-16-5-2-1-3-6-16)23-22(28)24-9-11-29-12-10-24/h1-3,5-6,17,19-20H,4,7-15H2,(H,23,28). The van der Waals surface area contributed by atoms with Crippen LogP contribution in [0.25, 0.3) is 0 Å². The molecule has 3 unspecified atom stereocenters. The molecule has 3 aliphatic heterocycles. The van der Waals surface area contributed by atoms with Crippen LogP contribution in [0.1, 0.15) is 18.4 Å². The number of carbonyl (C=O) groups excluding carboxylic acids is 3. The van der Waals surface area contributed by atoms with Gasteiger partial charge in [0, 0.05) is 31.1 Å². The largest absolute Gasteiger partial charge is 0.378 e. The van der Waals surface area contributed by atoms with Crippen molar-refractivity contribution in [3.05, 3.63) is 35.9 Å². The number of hydrogen-bond acceptors (Lipinski definition) is 6. The summed E-state index contributed by atoms with van der Waals surface area (Å²) in [5, 5.41) is 2.93. The van der Waals surface area contributed by atoms with Crippen molar-refractivity contribution in [1.29, 1.82) is 0 Å². The number of likely N-dealkylation sites (tertiary alicyclic amines) is 1. The fourth-order valence-corrected chi connectivity index (χ4v) is 5.30. The third kappa shape index (κ3) is 5.39. The molecule has 31 heavy (non-hydrogen) atoms. The van der Waals surface area contributed by atoms with E-state index in [-0.39, 0.29) is 30.4 Å². The first kappa shape index (κ1) is 22.1. The van der Waals surface area contributed by atoms with Crippen LogP contribution in [0.15, 0.2) is 30.3 Å². The van der Waals surface area contributed by atoms with Crippen LogP contribution in [0.5, 0.6) is 0 Å². The van der Waals surface area contributed by atoms with E-state index in [0.29, 0.717) is 38.6 Å². The summed E-state index contributed by atoms with van der Waals surface area (Å²) in [6, 6.07) is 8.54. The fourth-order valence-electron chi connectivity index (χ4n) is 4.29. The highest BCUT2D eigenvalue weighted by Crippen LogP contribution is 2.27. The highest BCUT2D eigenvalue weighted by molar-refractivity contribution is 7.98. The summed E-state index contributed by atoms with van der Waals surface area (Å²) >= 11 is 1.60. The molecule has 3 saturated heterocycles. The van der Waals surface area contributed by atoms with E-state index in [1.807, 2.05) is 30.3 Å². The number of fused-ring (bicyclic) bond motifs is 1. The normalized spacial score (nSPS) is 24.6. The van der Waals surface area contributed by atoms with Crippen LogP contribution in [-0.4, -0.2) is 90.9 Å². The molecule has 3 aliphatic rings. The van der Waals surface area contributed by atoms with Crippen LogP contribution >= 0.6 is 11.8 Å². The Labute approximate surface area is 186 Å². The second kappa shape index (κ2) is 10.5. The van der Waals surface area contributed by atoms with Crippen molar-refractivity contribution in [2.24, 2.45) is 0 Å². The lowest BCUT2D eigenvalue weighted by Gasteiger charge is -2.38. The van der Waals surface area contributed by atoms with Crippen LogP contribution in [0.2, 0.25) is 0 Å². The average Bonchev–Trinajstić information content (AvgIpc) is 3.20. The highest BCUT2D eigenvalue weighted by atomic mass is 32.2. The predicted molar refractivity (Wildman–Crippen MR) is 117 cm³/mol. The van der Waals surface area contributed by atoms with E-state index >= 15 is 0 Å². The van der Waals surface area contributed by atoms with Crippen molar-refractivity contribution in [2.75, 3.05) is 45.2 Å². The molecule has 8 nitrogen and oxygen atoms in total. The van der Waals surface area contributed by atoms with Gasteiger partial charge in [0.05, 0.1) is 19.3 Å². The molecule has 168 valence electrons. The first-order valence-corrected chi connectivity index (χ1v) is 12.0. The molecule has 0 aromatic heterocycles. The number of ketones is 1.